The predicted octanol–water partition coefficient (Wildman–Crippen LogP) is 5.14. The van der Waals surface area contributed by atoms with Crippen LogP contribution in [0.25, 0.3) is 6.08 Å². The molecule has 2 aromatic rings. The fourth-order valence-corrected chi connectivity index (χ4v) is 5.34. The molecule has 0 saturated carbocycles. The number of hydrogen-bond donors (Lipinski definition) is 0. The van der Waals surface area contributed by atoms with Crippen molar-refractivity contribution in [2.45, 2.75) is 51.1 Å². The molecule has 0 spiro atoms. The molecular weight excluding hydrogens is 318 g/mol. The Balaban J connectivity index is 2.03. The second-order valence-corrected chi connectivity index (χ2v) is 8.95. The van der Waals surface area contributed by atoms with Crippen molar-refractivity contribution in [3.8, 4) is 0 Å². The summed E-state index contributed by atoms with van der Waals surface area (Å²) in [6, 6.07) is 18.8. The molecule has 2 heteroatoms. The van der Waals surface area contributed by atoms with Crippen molar-refractivity contribution >= 4 is 12.0 Å². The molecule has 3 atom stereocenters. The molecule has 2 aromatic carbocycles. The first-order valence-corrected chi connectivity index (χ1v) is 9.40. The van der Waals surface area contributed by atoms with E-state index < -0.39 is 11.0 Å². The van der Waals surface area contributed by atoms with Crippen molar-refractivity contribution in [1.82, 2.24) is 4.90 Å². The molecule has 134 valence electrons. The zero-order chi connectivity index (χ0) is 18.7. The highest BCUT2D eigenvalue weighted by molar-refractivity contribution is 5.95. The zero-order valence-electron chi connectivity index (χ0n) is 16.3. The summed E-state index contributed by atoms with van der Waals surface area (Å²) in [5, 5.41) is 0. The van der Waals surface area contributed by atoms with Crippen molar-refractivity contribution < 1.29 is 4.79 Å². The number of rotatable bonds is 1. The molecule has 0 radical (unpaired) electrons. The van der Waals surface area contributed by atoms with Crippen molar-refractivity contribution in [3.63, 3.8) is 0 Å². The SMILES string of the molecule is CC(C)(C)N1C(=O)[C@@]2(C)c3ccccc3C=C[C@H]2[C@]1(C)c1ccccc1. The Hall–Kier alpha value is -2.35. The van der Waals surface area contributed by atoms with Crippen LogP contribution in [0, 0.1) is 5.92 Å². The van der Waals surface area contributed by atoms with Crippen molar-refractivity contribution in [2.75, 3.05) is 0 Å². The van der Waals surface area contributed by atoms with Gasteiger partial charge in [0.25, 0.3) is 0 Å². The first-order valence-electron chi connectivity index (χ1n) is 9.40. The zero-order valence-corrected chi connectivity index (χ0v) is 16.3. The van der Waals surface area contributed by atoms with E-state index in [1.807, 2.05) is 18.2 Å². The summed E-state index contributed by atoms with van der Waals surface area (Å²) >= 11 is 0. The van der Waals surface area contributed by atoms with E-state index in [0.29, 0.717) is 0 Å². The molecular formula is C24H27NO. The number of benzene rings is 2. The molecule has 1 aliphatic carbocycles. The van der Waals surface area contributed by atoms with Gasteiger partial charge in [0.2, 0.25) is 5.91 Å². The standard InChI is InChI=1S/C24H27NO/c1-22(2,3)25-21(26)23(4)19-14-10-9-11-17(19)15-16-20(23)24(25,5)18-12-7-6-8-13-18/h6-16,20H,1-5H3/t20-,23+,24+/m1/s1. The quantitative estimate of drug-likeness (QED) is 0.700. The number of fused-ring (bicyclic) bond motifs is 3. The monoisotopic (exact) mass is 345 g/mol. The minimum absolute atomic E-state index is 0.0824. The molecule has 4 rings (SSSR count). The maximum Gasteiger partial charge on any atom is 0.234 e. The molecule has 1 aliphatic heterocycles. The molecule has 0 N–H and O–H groups in total. The topological polar surface area (TPSA) is 20.3 Å². The number of amides is 1. The number of hydrogen-bond acceptors (Lipinski definition) is 1. The third-order valence-electron chi connectivity index (χ3n) is 6.36. The van der Waals surface area contributed by atoms with Gasteiger partial charge in [-0.3, -0.25) is 4.79 Å². The largest absolute Gasteiger partial charge is 0.327 e. The lowest BCUT2D eigenvalue weighted by Crippen LogP contribution is -2.53. The number of likely N-dealkylation sites (tertiary alicyclic amines) is 1. The average Bonchev–Trinajstić information content (AvgIpc) is 2.80. The van der Waals surface area contributed by atoms with Crippen molar-refractivity contribution in [3.05, 3.63) is 77.4 Å². The van der Waals surface area contributed by atoms with E-state index in [2.05, 4.69) is 88.1 Å². The van der Waals surface area contributed by atoms with E-state index in [-0.39, 0.29) is 17.4 Å². The van der Waals surface area contributed by atoms with Gasteiger partial charge in [0.05, 0.1) is 11.0 Å². The van der Waals surface area contributed by atoms with Gasteiger partial charge in [0.15, 0.2) is 0 Å². The van der Waals surface area contributed by atoms with E-state index in [1.165, 1.54) is 5.56 Å². The second-order valence-electron chi connectivity index (χ2n) is 8.95. The van der Waals surface area contributed by atoms with E-state index in [4.69, 9.17) is 0 Å². The van der Waals surface area contributed by atoms with Crippen LogP contribution in [0.5, 0.6) is 0 Å². The van der Waals surface area contributed by atoms with Crippen LogP contribution in [-0.2, 0) is 15.7 Å². The highest BCUT2D eigenvalue weighted by Gasteiger charge is 2.65. The van der Waals surface area contributed by atoms with Crippen LogP contribution >= 0.6 is 0 Å². The Morgan fingerprint density at radius 1 is 0.923 bits per heavy atom. The van der Waals surface area contributed by atoms with Crippen LogP contribution < -0.4 is 0 Å². The first-order chi connectivity index (χ1) is 12.2. The Morgan fingerprint density at radius 2 is 1.54 bits per heavy atom. The molecule has 26 heavy (non-hydrogen) atoms. The van der Waals surface area contributed by atoms with E-state index in [1.54, 1.807) is 0 Å². The van der Waals surface area contributed by atoms with Gasteiger partial charge in [0, 0.05) is 11.5 Å². The smallest absolute Gasteiger partial charge is 0.234 e. The van der Waals surface area contributed by atoms with Gasteiger partial charge < -0.3 is 4.90 Å². The lowest BCUT2D eigenvalue weighted by Gasteiger charge is -2.47. The molecule has 2 aliphatic rings. The van der Waals surface area contributed by atoms with E-state index >= 15 is 0 Å². The Kier molecular flexibility index (Phi) is 3.50. The normalized spacial score (nSPS) is 30.3. The molecule has 1 amide bonds. The van der Waals surface area contributed by atoms with Crippen molar-refractivity contribution in [1.29, 1.82) is 0 Å². The molecule has 2 nitrogen and oxygen atoms in total. The van der Waals surface area contributed by atoms with Gasteiger partial charge in [-0.25, -0.2) is 0 Å². The summed E-state index contributed by atoms with van der Waals surface area (Å²) in [6.07, 6.45) is 4.46. The van der Waals surface area contributed by atoms with Gasteiger partial charge in [-0.15, -0.1) is 0 Å². The summed E-state index contributed by atoms with van der Waals surface area (Å²) in [4.78, 5) is 16.1. The maximum absolute atomic E-state index is 14.0. The second kappa shape index (κ2) is 5.33. The summed E-state index contributed by atoms with van der Waals surface area (Å²) in [7, 11) is 0. The fraction of sp³-hybridized carbons (Fsp3) is 0.375. The van der Waals surface area contributed by atoms with Gasteiger partial charge in [-0.2, -0.15) is 0 Å². The third kappa shape index (κ3) is 2.02. The van der Waals surface area contributed by atoms with Crippen LogP contribution in [-0.4, -0.2) is 16.3 Å². The van der Waals surface area contributed by atoms with E-state index in [0.717, 1.165) is 11.1 Å². The number of carbonyl (C=O) groups excluding carboxylic acids is 1. The lowest BCUT2D eigenvalue weighted by molar-refractivity contribution is -0.140. The Bertz CT molecular complexity index is 892. The maximum atomic E-state index is 14.0. The molecule has 0 unspecified atom stereocenters. The minimum Gasteiger partial charge on any atom is -0.327 e. The molecule has 1 heterocycles. The number of nitrogens with zero attached hydrogens (tertiary/aromatic N) is 1. The molecule has 1 fully saturated rings. The predicted molar refractivity (Wildman–Crippen MR) is 107 cm³/mol. The van der Waals surface area contributed by atoms with Gasteiger partial charge in [-0.05, 0) is 51.3 Å². The first kappa shape index (κ1) is 17.1. The summed E-state index contributed by atoms with van der Waals surface area (Å²) < 4.78 is 0. The minimum atomic E-state index is -0.552. The lowest BCUT2D eigenvalue weighted by atomic mass is 9.62. The van der Waals surface area contributed by atoms with Crippen molar-refractivity contribution in [2.24, 2.45) is 5.92 Å². The van der Waals surface area contributed by atoms with Gasteiger partial charge >= 0.3 is 0 Å². The van der Waals surface area contributed by atoms with Crippen LogP contribution in [0.4, 0.5) is 0 Å². The van der Waals surface area contributed by atoms with Crippen LogP contribution in [0.15, 0.2) is 60.7 Å². The Labute approximate surface area is 156 Å². The van der Waals surface area contributed by atoms with Gasteiger partial charge in [-0.1, -0.05) is 66.7 Å². The highest BCUT2D eigenvalue weighted by atomic mass is 16.2. The van der Waals surface area contributed by atoms with Crippen LogP contribution in [0.2, 0.25) is 0 Å². The molecule has 0 bridgehead atoms. The fourth-order valence-electron chi connectivity index (χ4n) is 5.34. The van der Waals surface area contributed by atoms with Crippen LogP contribution in [0.3, 0.4) is 0 Å². The number of carbonyl (C=O) groups is 1. The summed E-state index contributed by atoms with van der Waals surface area (Å²) in [6.45, 7) is 10.8. The molecule has 1 saturated heterocycles. The highest BCUT2D eigenvalue weighted by Crippen LogP contribution is 2.59. The van der Waals surface area contributed by atoms with Crippen LogP contribution in [0.1, 0.15) is 51.3 Å². The average molecular weight is 345 g/mol. The van der Waals surface area contributed by atoms with Gasteiger partial charge in [0.1, 0.15) is 0 Å². The Morgan fingerprint density at radius 3 is 2.19 bits per heavy atom. The van der Waals surface area contributed by atoms with E-state index in [9.17, 15) is 4.79 Å². The molecule has 0 aromatic heterocycles. The summed E-state index contributed by atoms with van der Waals surface area (Å²) in [5.74, 6) is 0.303. The summed E-state index contributed by atoms with van der Waals surface area (Å²) in [5.41, 5.74) is 2.28. The third-order valence-corrected chi connectivity index (χ3v) is 6.36.